The van der Waals surface area contributed by atoms with Gasteiger partial charge in [0.05, 0.1) is 11.5 Å². The fourth-order valence-electron chi connectivity index (χ4n) is 0.880. The van der Waals surface area contributed by atoms with Gasteiger partial charge in [-0.1, -0.05) is 0 Å². The summed E-state index contributed by atoms with van der Waals surface area (Å²) in [5, 5.41) is 2.81. The van der Waals surface area contributed by atoms with Crippen molar-refractivity contribution in [3.63, 3.8) is 0 Å². The highest BCUT2D eigenvalue weighted by Crippen LogP contribution is 2.16. The van der Waals surface area contributed by atoms with Gasteiger partial charge in [0.15, 0.2) is 0 Å². The molecule has 0 aromatic heterocycles. The van der Waals surface area contributed by atoms with Crippen molar-refractivity contribution in [2.45, 2.75) is 33.8 Å². The second-order valence-corrected chi connectivity index (χ2v) is 4.26. The summed E-state index contributed by atoms with van der Waals surface area (Å²) < 4.78 is 5.29. The molecule has 0 bridgehead atoms. The first-order valence-corrected chi connectivity index (χ1v) is 5.43. The summed E-state index contributed by atoms with van der Waals surface area (Å²) in [6.07, 6.45) is 0.0510. The Morgan fingerprint density at radius 3 is 2.57 bits per heavy atom. The summed E-state index contributed by atoms with van der Waals surface area (Å²) in [5.41, 5.74) is -0.506. The number of alkyl halides is 1. The third-order valence-electron chi connectivity index (χ3n) is 1.95. The van der Waals surface area contributed by atoms with E-state index in [0.29, 0.717) is 19.0 Å². The highest BCUT2D eigenvalue weighted by molar-refractivity contribution is 6.19. The SMILES string of the molecule is CCOC(C)CNC(=O)C(C)(C)CCl. The Labute approximate surface area is 91.2 Å². The summed E-state index contributed by atoms with van der Waals surface area (Å²) >= 11 is 5.67. The maximum absolute atomic E-state index is 11.6. The van der Waals surface area contributed by atoms with Crippen molar-refractivity contribution in [1.29, 1.82) is 0 Å². The summed E-state index contributed by atoms with van der Waals surface area (Å²) in [7, 11) is 0. The molecule has 1 unspecified atom stereocenters. The smallest absolute Gasteiger partial charge is 0.226 e. The van der Waals surface area contributed by atoms with E-state index in [1.54, 1.807) is 0 Å². The van der Waals surface area contributed by atoms with Crippen LogP contribution < -0.4 is 5.32 Å². The first-order chi connectivity index (χ1) is 6.44. The zero-order chi connectivity index (χ0) is 11.2. The van der Waals surface area contributed by atoms with E-state index >= 15 is 0 Å². The average Bonchev–Trinajstić information content (AvgIpc) is 2.14. The predicted octanol–water partition coefficient (Wildman–Crippen LogP) is 1.79. The lowest BCUT2D eigenvalue weighted by molar-refractivity contribution is -0.128. The largest absolute Gasteiger partial charge is 0.377 e. The van der Waals surface area contributed by atoms with Crippen LogP contribution in [-0.2, 0) is 9.53 Å². The van der Waals surface area contributed by atoms with Crippen LogP contribution in [0.2, 0.25) is 0 Å². The molecule has 1 atom stereocenters. The molecule has 0 fully saturated rings. The maximum atomic E-state index is 11.6. The second-order valence-electron chi connectivity index (χ2n) is 3.99. The number of hydrogen-bond donors (Lipinski definition) is 1. The number of halogens is 1. The third-order valence-corrected chi connectivity index (χ3v) is 2.62. The Morgan fingerprint density at radius 1 is 1.57 bits per heavy atom. The van der Waals surface area contributed by atoms with Gasteiger partial charge in [0, 0.05) is 19.0 Å². The molecular weight excluding hydrogens is 202 g/mol. The zero-order valence-electron chi connectivity index (χ0n) is 9.39. The van der Waals surface area contributed by atoms with Gasteiger partial charge in [-0.2, -0.15) is 0 Å². The topological polar surface area (TPSA) is 38.3 Å². The number of rotatable bonds is 6. The Balaban J connectivity index is 3.85. The Morgan fingerprint density at radius 2 is 2.14 bits per heavy atom. The fourth-order valence-corrected chi connectivity index (χ4v) is 1.00. The first-order valence-electron chi connectivity index (χ1n) is 4.90. The molecule has 0 radical (unpaired) electrons. The minimum Gasteiger partial charge on any atom is -0.377 e. The Kier molecular flexibility index (Phi) is 6.12. The fraction of sp³-hybridized carbons (Fsp3) is 0.900. The van der Waals surface area contributed by atoms with Gasteiger partial charge in [0.25, 0.3) is 0 Å². The molecule has 0 rings (SSSR count). The van der Waals surface area contributed by atoms with Crippen molar-refractivity contribution >= 4 is 17.5 Å². The summed E-state index contributed by atoms with van der Waals surface area (Å²) in [6, 6.07) is 0. The van der Waals surface area contributed by atoms with E-state index in [-0.39, 0.29) is 12.0 Å². The van der Waals surface area contributed by atoms with Crippen LogP contribution in [0.15, 0.2) is 0 Å². The lowest BCUT2D eigenvalue weighted by atomic mass is 9.95. The van der Waals surface area contributed by atoms with Crippen molar-refractivity contribution in [1.82, 2.24) is 5.32 Å². The lowest BCUT2D eigenvalue weighted by Crippen LogP contribution is -2.41. The second kappa shape index (κ2) is 6.25. The van der Waals surface area contributed by atoms with Gasteiger partial charge in [-0.3, -0.25) is 4.79 Å². The van der Waals surface area contributed by atoms with Gasteiger partial charge >= 0.3 is 0 Å². The molecule has 0 aliphatic heterocycles. The molecule has 0 heterocycles. The van der Waals surface area contributed by atoms with Crippen LogP contribution in [0.5, 0.6) is 0 Å². The molecule has 1 N–H and O–H groups in total. The lowest BCUT2D eigenvalue weighted by Gasteiger charge is -2.21. The molecule has 0 aliphatic carbocycles. The van der Waals surface area contributed by atoms with E-state index < -0.39 is 5.41 Å². The summed E-state index contributed by atoms with van der Waals surface area (Å²) in [5.74, 6) is 0.293. The van der Waals surface area contributed by atoms with Crippen molar-refractivity contribution in [3.8, 4) is 0 Å². The van der Waals surface area contributed by atoms with E-state index in [1.165, 1.54) is 0 Å². The number of carbonyl (C=O) groups excluding carboxylic acids is 1. The number of nitrogens with one attached hydrogen (secondary N) is 1. The van der Waals surface area contributed by atoms with E-state index in [4.69, 9.17) is 16.3 Å². The molecule has 0 saturated carbocycles. The predicted molar refractivity (Wildman–Crippen MR) is 58.6 cm³/mol. The molecule has 4 heteroatoms. The van der Waals surface area contributed by atoms with Gasteiger partial charge < -0.3 is 10.1 Å². The highest BCUT2D eigenvalue weighted by Gasteiger charge is 2.26. The van der Waals surface area contributed by atoms with Gasteiger partial charge in [-0.15, -0.1) is 11.6 Å². The minimum absolute atomic E-state index is 0.0287. The zero-order valence-corrected chi connectivity index (χ0v) is 10.1. The monoisotopic (exact) mass is 221 g/mol. The van der Waals surface area contributed by atoms with Crippen LogP contribution in [0.4, 0.5) is 0 Å². The molecule has 0 aromatic rings. The quantitative estimate of drug-likeness (QED) is 0.695. The standard InChI is InChI=1S/C10H20ClNO2/c1-5-14-8(2)6-12-9(13)10(3,4)7-11/h8H,5-7H2,1-4H3,(H,12,13). The molecule has 84 valence electrons. The van der Waals surface area contributed by atoms with Gasteiger partial charge in [-0.25, -0.2) is 0 Å². The van der Waals surface area contributed by atoms with Crippen molar-refractivity contribution < 1.29 is 9.53 Å². The number of hydrogen-bond acceptors (Lipinski definition) is 2. The normalized spacial score (nSPS) is 13.8. The van der Waals surface area contributed by atoms with Crippen LogP contribution in [-0.4, -0.2) is 31.0 Å². The minimum atomic E-state index is -0.506. The number of ether oxygens (including phenoxy) is 1. The van der Waals surface area contributed by atoms with Gasteiger partial charge in [0.1, 0.15) is 0 Å². The number of amides is 1. The van der Waals surface area contributed by atoms with Crippen molar-refractivity contribution in [3.05, 3.63) is 0 Å². The van der Waals surface area contributed by atoms with Crippen molar-refractivity contribution in [2.24, 2.45) is 5.41 Å². The first kappa shape index (κ1) is 13.7. The van der Waals surface area contributed by atoms with Crippen LogP contribution in [0, 0.1) is 5.41 Å². The van der Waals surface area contributed by atoms with E-state index in [0.717, 1.165) is 0 Å². The van der Waals surface area contributed by atoms with Crippen LogP contribution >= 0.6 is 11.6 Å². The van der Waals surface area contributed by atoms with Crippen LogP contribution in [0.3, 0.4) is 0 Å². The van der Waals surface area contributed by atoms with E-state index in [2.05, 4.69) is 5.32 Å². The molecule has 0 aliphatic rings. The van der Waals surface area contributed by atoms with Gasteiger partial charge in [-0.05, 0) is 27.7 Å². The molecule has 0 aromatic carbocycles. The Hall–Kier alpha value is -0.280. The molecule has 14 heavy (non-hydrogen) atoms. The molecular formula is C10H20ClNO2. The van der Waals surface area contributed by atoms with E-state index in [9.17, 15) is 4.79 Å². The van der Waals surface area contributed by atoms with Crippen LogP contribution in [0.25, 0.3) is 0 Å². The molecule has 0 saturated heterocycles. The summed E-state index contributed by atoms with van der Waals surface area (Å²) in [4.78, 5) is 11.6. The third kappa shape index (κ3) is 4.82. The maximum Gasteiger partial charge on any atom is 0.226 e. The van der Waals surface area contributed by atoms with E-state index in [1.807, 2.05) is 27.7 Å². The van der Waals surface area contributed by atoms with Crippen LogP contribution in [0.1, 0.15) is 27.7 Å². The van der Waals surface area contributed by atoms with Crippen molar-refractivity contribution in [2.75, 3.05) is 19.0 Å². The molecule has 1 amide bonds. The average molecular weight is 222 g/mol. The Bertz CT molecular complexity index is 183. The number of carbonyl (C=O) groups is 1. The van der Waals surface area contributed by atoms with Gasteiger partial charge in [0.2, 0.25) is 5.91 Å². The molecule has 3 nitrogen and oxygen atoms in total. The summed E-state index contributed by atoms with van der Waals surface area (Å²) in [6.45, 7) is 8.70. The highest BCUT2D eigenvalue weighted by atomic mass is 35.5. The molecule has 0 spiro atoms.